The molecule has 0 saturated carbocycles. The third-order valence-corrected chi connectivity index (χ3v) is 4.46. The van der Waals surface area contributed by atoms with Crippen LogP contribution in [0.25, 0.3) is 0 Å². The normalized spacial score (nSPS) is 14.2. The zero-order valence-electron chi connectivity index (χ0n) is 15.1. The maximum absolute atomic E-state index is 13.9. The van der Waals surface area contributed by atoms with E-state index in [0.29, 0.717) is 6.54 Å². The van der Waals surface area contributed by atoms with Crippen LogP contribution in [0, 0.1) is 0 Å². The van der Waals surface area contributed by atoms with Crippen LogP contribution in [0.2, 0.25) is 5.02 Å². The van der Waals surface area contributed by atoms with Gasteiger partial charge >= 0.3 is 6.18 Å². The van der Waals surface area contributed by atoms with E-state index in [9.17, 15) is 18.3 Å². The van der Waals surface area contributed by atoms with Crippen LogP contribution in [0.4, 0.5) is 18.9 Å². The van der Waals surface area contributed by atoms with Gasteiger partial charge in [0.1, 0.15) is 5.75 Å². The number of benzene rings is 2. The van der Waals surface area contributed by atoms with Gasteiger partial charge in [0.2, 0.25) is 5.60 Å². The highest BCUT2D eigenvalue weighted by Crippen LogP contribution is 2.49. The van der Waals surface area contributed by atoms with Crippen LogP contribution in [-0.4, -0.2) is 43.2 Å². The van der Waals surface area contributed by atoms with Crippen LogP contribution in [-0.2, 0) is 5.60 Å². The zero-order valence-corrected chi connectivity index (χ0v) is 15.8. The maximum atomic E-state index is 13.9. The molecule has 0 heterocycles. The predicted molar refractivity (Wildman–Crippen MR) is 100.0 cm³/mol. The largest absolute Gasteiger partial charge is 0.496 e. The number of aliphatic imine (C=N–C) groups is 1. The molecule has 0 spiro atoms. The molecular weight excluding hydrogens is 381 g/mol. The maximum Gasteiger partial charge on any atom is 0.425 e. The van der Waals surface area contributed by atoms with Gasteiger partial charge in [-0.3, -0.25) is 0 Å². The molecule has 0 aliphatic heterocycles. The quantitative estimate of drug-likeness (QED) is 0.561. The Morgan fingerprint density at radius 3 is 2.37 bits per heavy atom. The van der Waals surface area contributed by atoms with Crippen LogP contribution in [0.5, 0.6) is 5.75 Å². The van der Waals surface area contributed by atoms with Crippen molar-refractivity contribution < 1.29 is 23.0 Å². The van der Waals surface area contributed by atoms with E-state index in [1.165, 1.54) is 43.8 Å². The molecule has 27 heavy (non-hydrogen) atoms. The minimum absolute atomic E-state index is 0.0369. The first kappa shape index (κ1) is 21.1. The van der Waals surface area contributed by atoms with Crippen LogP contribution >= 0.6 is 11.6 Å². The Hall–Kier alpha value is -2.25. The first-order valence-electron chi connectivity index (χ1n) is 8.12. The first-order chi connectivity index (χ1) is 12.6. The molecule has 1 atom stereocenters. The molecule has 1 N–H and O–H groups in total. The highest BCUT2D eigenvalue weighted by Gasteiger charge is 2.57. The molecule has 0 radical (unpaired) electrons. The second-order valence-corrected chi connectivity index (χ2v) is 6.30. The smallest absolute Gasteiger partial charge is 0.425 e. The standard InChI is InChI=1S/C19H20ClF3N2O2/c1-4-25(2)12-24-16-11-17(27-3)14(10-15(16)20)18(26,19(21,22)23)13-8-6-5-7-9-13/h5-12,26H,4H2,1-3H3/b24-12+. The second-order valence-electron chi connectivity index (χ2n) is 5.90. The van der Waals surface area contributed by atoms with Gasteiger partial charge in [-0.25, -0.2) is 4.99 Å². The van der Waals surface area contributed by atoms with Crippen LogP contribution in [0.3, 0.4) is 0 Å². The summed E-state index contributed by atoms with van der Waals surface area (Å²) in [6.45, 7) is 2.61. The highest BCUT2D eigenvalue weighted by molar-refractivity contribution is 6.33. The van der Waals surface area contributed by atoms with E-state index >= 15 is 0 Å². The molecule has 0 amide bonds. The second kappa shape index (κ2) is 8.19. The lowest BCUT2D eigenvalue weighted by atomic mass is 9.85. The number of nitrogens with zero attached hydrogens (tertiary/aromatic N) is 2. The van der Waals surface area contributed by atoms with Gasteiger partial charge in [0, 0.05) is 25.2 Å². The van der Waals surface area contributed by atoms with Gasteiger partial charge in [-0.05, 0) is 18.6 Å². The number of hydrogen-bond acceptors (Lipinski definition) is 3. The monoisotopic (exact) mass is 400 g/mol. The first-order valence-corrected chi connectivity index (χ1v) is 8.50. The summed E-state index contributed by atoms with van der Waals surface area (Å²) in [5.74, 6) is -0.172. The fourth-order valence-electron chi connectivity index (χ4n) is 2.49. The van der Waals surface area contributed by atoms with Crippen molar-refractivity contribution in [1.82, 2.24) is 4.90 Å². The van der Waals surface area contributed by atoms with E-state index in [1.54, 1.807) is 18.0 Å². The summed E-state index contributed by atoms with van der Waals surface area (Å²) in [7, 11) is 3.01. The highest BCUT2D eigenvalue weighted by atomic mass is 35.5. The van der Waals surface area contributed by atoms with Crippen molar-refractivity contribution in [3.63, 3.8) is 0 Å². The Morgan fingerprint density at radius 2 is 1.85 bits per heavy atom. The van der Waals surface area contributed by atoms with Crippen molar-refractivity contribution in [2.75, 3.05) is 20.7 Å². The molecule has 146 valence electrons. The lowest BCUT2D eigenvalue weighted by Gasteiger charge is -2.32. The number of methoxy groups -OCH3 is 1. The molecular formula is C19H20ClF3N2O2. The zero-order chi connectivity index (χ0) is 20.2. The molecule has 2 aromatic rings. The molecule has 0 fully saturated rings. The fourth-order valence-corrected chi connectivity index (χ4v) is 2.70. The number of hydrogen-bond donors (Lipinski definition) is 1. The van der Waals surface area contributed by atoms with Gasteiger partial charge in [0.25, 0.3) is 0 Å². The van der Waals surface area contributed by atoms with E-state index < -0.39 is 17.3 Å². The average Bonchev–Trinajstić information content (AvgIpc) is 2.65. The number of halogens is 4. The molecule has 0 aliphatic rings. The van der Waals surface area contributed by atoms with Crippen LogP contribution in [0.1, 0.15) is 18.1 Å². The number of alkyl halides is 3. The van der Waals surface area contributed by atoms with Gasteiger partial charge in [-0.15, -0.1) is 0 Å². The number of ether oxygens (including phenoxy) is 1. The summed E-state index contributed by atoms with van der Waals surface area (Å²) in [6, 6.07) is 9.11. The molecule has 0 aliphatic carbocycles. The minimum Gasteiger partial charge on any atom is -0.496 e. The number of aliphatic hydroxyl groups is 1. The molecule has 0 saturated heterocycles. The van der Waals surface area contributed by atoms with E-state index in [2.05, 4.69) is 4.99 Å². The Kier molecular flexibility index (Phi) is 6.38. The third-order valence-electron chi connectivity index (χ3n) is 4.15. The van der Waals surface area contributed by atoms with Crippen molar-refractivity contribution in [2.45, 2.75) is 18.7 Å². The number of rotatable bonds is 6. The summed E-state index contributed by atoms with van der Waals surface area (Å²) in [5.41, 5.74) is -3.90. The molecule has 0 bridgehead atoms. The Bertz CT molecular complexity index is 813. The summed E-state index contributed by atoms with van der Waals surface area (Å²) in [5, 5.41) is 10.7. The molecule has 1 unspecified atom stereocenters. The topological polar surface area (TPSA) is 45.1 Å². The molecule has 8 heteroatoms. The molecule has 0 aromatic heterocycles. The van der Waals surface area contributed by atoms with Gasteiger partial charge in [0.15, 0.2) is 0 Å². The van der Waals surface area contributed by atoms with E-state index in [4.69, 9.17) is 16.3 Å². The van der Waals surface area contributed by atoms with Gasteiger partial charge in [0.05, 0.1) is 24.2 Å². The molecule has 2 aromatic carbocycles. The van der Waals surface area contributed by atoms with Gasteiger partial charge < -0.3 is 14.7 Å². The third kappa shape index (κ3) is 4.20. The summed E-state index contributed by atoms with van der Waals surface area (Å²) in [6.07, 6.45) is -3.49. The average molecular weight is 401 g/mol. The van der Waals surface area contributed by atoms with Gasteiger partial charge in [-0.1, -0.05) is 41.9 Å². The van der Waals surface area contributed by atoms with Crippen molar-refractivity contribution in [2.24, 2.45) is 4.99 Å². The van der Waals surface area contributed by atoms with Crippen molar-refractivity contribution in [1.29, 1.82) is 0 Å². The Balaban J connectivity index is 2.68. The molecule has 2 rings (SSSR count). The molecule has 4 nitrogen and oxygen atoms in total. The Labute approximate surface area is 160 Å². The summed E-state index contributed by atoms with van der Waals surface area (Å²) >= 11 is 6.16. The summed E-state index contributed by atoms with van der Waals surface area (Å²) < 4.78 is 46.9. The van der Waals surface area contributed by atoms with E-state index in [-0.39, 0.29) is 22.0 Å². The van der Waals surface area contributed by atoms with Crippen LogP contribution < -0.4 is 4.74 Å². The lowest BCUT2D eigenvalue weighted by molar-refractivity contribution is -0.248. The van der Waals surface area contributed by atoms with Crippen molar-refractivity contribution >= 4 is 23.6 Å². The van der Waals surface area contributed by atoms with Gasteiger partial charge in [-0.2, -0.15) is 13.2 Å². The Morgan fingerprint density at radius 1 is 1.22 bits per heavy atom. The van der Waals surface area contributed by atoms with E-state index in [1.807, 2.05) is 6.92 Å². The summed E-state index contributed by atoms with van der Waals surface area (Å²) in [4.78, 5) is 5.94. The van der Waals surface area contributed by atoms with Crippen molar-refractivity contribution in [3.8, 4) is 5.75 Å². The van der Waals surface area contributed by atoms with Crippen molar-refractivity contribution in [3.05, 3.63) is 58.6 Å². The van der Waals surface area contributed by atoms with E-state index in [0.717, 1.165) is 6.07 Å². The van der Waals surface area contributed by atoms with Crippen LogP contribution in [0.15, 0.2) is 47.5 Å². The SMILES string of the molecule is CCN(C)/C=N/c1cc(OC)c(C(O)(c2ccccc2)C(F)(F)F)cc1Cl. The minimum atomic E-state index is -5.00. The predicted octanol–water partition coefficient (Wildman–Crippen LogP) is 4.76. The lowest BCUT2D eigenvalue weighted by Crippen LogP contribution is -2.43. The fraction of sp³-hybridized carbons (Fsp3) is 0.316.